The van der Waals surface area contributed by atoms with Crippen LogP contribution in [0.15, 0.2) is 24.3 Å². The molecular formula is C13H15NO. The van der Waals surface area contributed by atoms with Crippen LogP contribution in [0.3, 0.4) is 0 Å². The number of carbonyl (C=O) groups is 1. The molecule has 1 N–H and O–H groups in total. The van der Waals surface area contributed by atoms with Gasteiger partial charge in [0.1, 0.15) is 0 Å². The topological polar surface area (TPSA) is 29.1 Å². The van der Waals surface area contributed by atoms with Crippen LogP contribution in [0.2, 0.25) is 0 Å². The summed E-state index contributed by atoms with van der Waals surface area (Å²) in [5.41, 5.74) is 2.17. The van der Waals surface area contributed by atoms with Crippen molar-refractivity contribution in [3.05, 3.63) is 35.4 Å². The van der Waals surface area contributed by atoms with Gasteiger partial charge < -0.3 is 5.32 Å². The molecule has 3 rings (SSSR count). The van der Waals surface area contributed by atoms with E-state index in [1.54, 1.807) is 0 Å². The molecule has 15 heavy (non-hydrogen) atoms. The highest BCUT2D eigenvalue weighted by Gasteiger charge is 2.40. The molecule has 3 atom stereocenters. The van der Waals surface area contributed by atoms with Crippen LogP contribution in [0.4, 0.5) is 0 Å². The number of nitrogens with one attached hydrogen (secondary N) is 1. The maximum Gasteiger partial charge on any atom is 0.167 e. The van der Waals surface area contributed by atoms with E-state index >= 15 is 0 Å². The van der Waals surface area contributed by atoms with Gasteiger partial charge in [-0.15, -0.1) is 0 Å². The fourth-order valence-electron chi connectivity index (χ4n) is 2.96. The van der Waals surface area contributed by atoms with E-state index in [4.69, 9.17) is 0 Å². The highest BCUT2D eigenvalue weighted by atomic mass is 16.1. The molecule has 0 amide bonds. The number of carbonyl (C=O) groups excluding carboxylic acids is 1. The van der Waals surface area contributed by atoms with Gasteiger partial charge in [-0.1, -0.05) is 24.3 Å². The Morgan fingerprint density at radius 2 is 2.13 bits per heavy atom. The minimum atomic E-state index is 0.218. The summed E-state index contributed by atoms with van der Waals surface area (Å²) in [6.45, 7) is 2.16. The van der Waals surface area contributed by atoms with E-state index in [1.807, 2.05) is 18.2 Å². The van der Waals surface area contributed by atoms with E-state index in [2.05, 4.69) is 18.3 Å². The molecule has 2 nitrogen and oxygen atoms in total. The first-order valence-electron chi connectivity index (χ1n) is 5.64. The lowest BCUT2D eigenvalue weighted by Gasteiger charge is -2.26. The first kappa shape index (κ1) is 9.10. The number of hydrogen-bond acceptors (Lipinski definition) is 2. The second-order valence-corrected chi connectivity index (χ2v) is 4.74. The first-order chi connectivity index (χ1) is 7.25. The van der Waals surface area contributed by atoms with Crippen molar-refractivity contribution in [3.8, 4) is 0 Å². The quantitative estimate of drug-likeness (QED) is 0.693. The van der Waals surface area contributed by atoms with Crippen molar-refractivity contribution in [2.24, 2.45) is 5.92 Å². The lowest BCUT2D eigenvalue weighted by molar-refractivity contribution is 0.0897. The van der Waals surface area contributed by atoms with Gasteiger partial charge >= 0.3 is 0 Å². The SMILES string of the molecule is CC1CC2C(=O)c3ccccc3CC2N1. The Kier molecular flexibility index (Phi) is 1.93. The average molecular weight is 201 g/mol. The van der Waals surface area contributed by atoms with Gasteiger partial charge in [0.2, 0.25) is 0 Å². The Labute approximate surface area is 89.7 Å². The van der Waals surface area contributed by atoms with Crippen molar-refractivity contribution in [1.29, 1.82) is 0 Å². The zero-order valence-corrected chi connectivity index (χ0v) is 8.86. The van der Waals surface area contributed by atoms with Gasteiger partial charge in [0.05, 0.1) is 0 Å². The molecular weight excluding hydrogens is 186 g/mol. The maximum atomic E-state index is 12.2. The van der Waals surface area contributed by atoms with Crippen molar-refractivity contribution < 1.29 is 4.79 Å². The number of fused-ring (bicyclic) bond motifs is 2. The van der Waals surface area contributed by atoms with Crippen molar-refractivity contribution in [3.63, 3.8) is 0 Å². The molecule has 1 aromatic carbocycles. The average Bonchev–Trinajstić information content (AvgIpc) is 2.59. The fraction of sp³-hybridized carbons (Fsp3) is 0.462. The van der Waals surface area contributed by atoms with Crippen LogP contribution in [0.5, 0.6) is 0 Å². The van der Waals surface area contributed by atoms with Crippen molar-refractivity contribution >= 4 is 5.78 Å². The summed E-state index contributed by atoms with van der Waals surface area (Å²) in [7, 11) is 0. The highest BCUT2D eigenvalue weighted by Crippen LogP contribution is 2.32. The number of benzene rings is 1. The Hall–Kier alpha value is -1.15. The summed E-state index contributed by atoms with van der Waals surface area (Å²) >= 11 is 0. The predicted octanol–water partition coefficient (Wildman–Crippen LogP) is 1.79. The van der Waals surface area contributed by atoms with Gasteiger partial charge in [-0.25, -0.2) is 0 Å². The summed E-state index contributed by atoms with van der Waals surface area (Å²) in [6, 6.07) is 8.89. The van der Waals surface area contributed by atoms with Crippen LogP contribution < -0.4 is 5.32 Å². The third-order valence-corrected chi connectivity index (χ3v) is 3.65. The van der Waals surface area contributed by atoms with Gasteiger partial charge in [0.15, 0.2) is 5.78 Å². The lowest BCUT2D eigenvalue weighted by Crippen LogP contribution is -2.38. The van der Waals surface area contributed by atoms with Gasteiger partial charge in [-0.3, -0.25) is 4.79 Å². The van der Waals surface area contributed by atoms with E-state index in [9.17, 15) is 4.79 Å². The van der Waals surface area contributed by atoms with Gasteiger partial charge in [-0.05, 0) is 25.3 Å². The van der Waals surface area contributed by atoms with Gasteiger partial charge in [0.25, 0.3) is 0 Å². The van der Waals surface area contributed by atoms with Gasteiger partial charge in [-0.2, -0.15) is 0 Å². The summed E-state index contributed by atoms with van der Waals surface area (Å²) < 4.78 is 0. The summed E-state index contributed by atoms with van der Waals surface area (Å²) in [6.07, 6.45) is 2.01. The molecule has 1 aliphatic heterocycles. The molecule has 1 saturated heterocycles. The van der Waals surface area contributed by atoms with Crippen molar-refractivity contribution in [2.75, 3.05) is 0 Å². The Bertz CT molecular complexity index is 413. The number of rotatable bonds is 0. The highest BCUT2D eigenvalue weighted by molar-refractivity contribution is 6.01. The van der Waals surface area contributed by atoms with E-state index in [-0.39, 0.29) is 5.92 Å². The molecule has 0 bridgehead atoms. The largest absolute Gasteiger partial charge is 0.310 e. The smallest absolute Gasteiger partial charge is 0.167 e. The van der Waals surface area contributed by atoms with Crippen LogP contribution in [0, 0.1) is 5.92 Å². The second kappa shape index (κ2) is 3.17. The Morgan fingerprint density at radius 3 is 3.00 bits per heavy atom. The molecule has 0 spiro atoms. The number of hydrogen-bond donors (Lipinski definition) is 1. The second-order valence-electron chi connectivity index (χ2n) is 4.74. The monoisotopic (exact) mass is 201 g/mol. The normalized spacial score (nSPS) is 33.7. The number of Topliss-reactive ketones (excluding diaryl/α,β-unsaturated/α-hetero) is 1. The van der Waals surface area contributed by atoms with Crippen LogP contribution in [0.1, 0.15) is 29.3 Å². The molecule has 1 aliphatic carbocycles. The van der Waals surface area contributed by atoms with Crippen LogP contribution in [-0.2, 0) is 6.42 Å². The summed E-state index contributed by atoms with van der Waals surface area (Å²) in [4.78, 5) is 12.2. The van der Waals surface area contributed by atoms with Crippen molar-refractivity contribution in [1.82, 2.24) is 5.32 Å². The summed E-state index contributed by atoms with van der Waals surface area (Å²) in [5.74, 6) is 0.564. The van der Waals surface area contributed by atoms with Crippen LogP contribution in [0.25, 0.3) is 0 Å². The van der Waals surface area contributed by atoms with Crippen molar-refractivity contribution in [2.45, 2.75) is 31.8 Å². The predicted molar refractivity (Wildman–Crippen MR) is 59.0 cm³/mol. The van der Waals surface area contributed by atoms with E-state index in [0.29, 0.717) is 17.9 Å². The molecule has 3 unspecified atom stereocenters. The minimum absolute atomic E-state index is 0.218. The summed E-state index contributed by atoms with van der Waals surface area (Å²) in [5, 5.41) is 3.51. The van der Waals surface area contributed by atoms with E-state index in [1.165, 1.54) is 5.56 Å². The number of ketones is 1. The molecule has 1 fully saturated rings. The molecule has 2 aliphatic rings. The van der Waals surface area contributed by atoms with E-state index in [0.717, 1.165) is 18.4 Å². The van der Waals surface area contributed by atoms with Crippen LogP contribution in [-0.4, -0.2) is 17.9 Å². The molecule has 0 saturated carbocycles. The molecule has 1 heterocycles. The zero-order chi connectivity index (χ0) is 10.4. The van der Waals surface area contributed by atoms with Crippen LogP contribution >= 0.6 is 0 Å². The standard InChI is InChI=1S/C13H15NO/c1-8-6-11-12(14-8)7-9-4-2-3-5-10(9)13(11)15/h2-5,8,11-12,14H,6-7H2,1H3. The molecule has 0 aromatic heterocycles. The molecule has 2 heteroatoms. The van der Waals surface area contributed by atoms with Gasteiger partial charge in [0, 0.05) is 23.6 Å². The van der Waals surface area contributed by atoms with E-state index < -0.39 is 0 Å². The molecule has 1 aromatic rings. The zero-order valence-electron chi connectivity index (χ0n) is 8.86. The first-order valence-corrected chi connectivity index (χ1v) is 5.64. The molecule has 0 radical (unpaired) electrons. The minimum Gasteiger partial charge on any atom is -0.310 e. The lowest BCUT2D eigenvalue weighted by atomic mass is 9.79. The fourth-order valence-corrected chi connectivity index (χ4v) is 2.96. The third-order valence-electron chi connectivity index (χ3n) is 3.65. The Morgan fingerprint density at radius 1 is 1.33 bits per heavy atom. The Balaban J connectivity index is 2.03. The maximum absolute atomic E-state index is 12.2. The molecule has 78 valence electrons. The third kappa shape index (κ3) is 1.32.